The van der Waals surface area contributed by atoms with Crippen molar-refractivity contribution in [3.05, 3.63) is 48.3 Å². The molecule has 6 heteroatoms. The number of rotatable bonds is 3. The average Bonchev–Trinajstić information content (AvgIpc) is 2.62. The van der Waals surface area contributed by atoms with Crippen molar-refractivity contribution >= 4 is 17.3 Å². The molecule has 1 aliphatic rings. The number of nitrogens with two attached hydrogens (primary N) is 1. The second-order valence-corrected chi connectivity index (χ2v) is 5.45. The molecular weight excluding hydrogens is 292 g/mol. The van der Waals surface area contributed by atoms with Crippen LogP contribution in [-0.4, -0.2) is 49.1 Å². The number of anilines is 2. The summed E-state index contributed by atoms with van der Waals surface area (Å²) in [7, 11) is 1.64. The van der Waals surface area contributed by atoms with Gasteiger partial charge in [0.2, 0.25) is 0 Å². The fourth-order valence-electron chi connectivity index (χ4n) is 2.78. The third-order valence-corrected chi connectivity index (χ3v) is 4.04. The molecule has 120 valence electrons. The lowest BCUT2D eigenvalue weighted by Crippen LogP contribution is -2.48. The maximum Gasteiger partial charge on any atom is 0.254 e. The van der Waals surface area contributed by atoms with Crippen molar-refractivity contribution in [1.29, 1.82) is 0 Å². The largest absolute Gasteiger partial charge is 0.495 e. The number of carbonyl (C=O) groups is 1. The Morgan fingerprint density at radius 3 is 2.48 bits per heavy atom. The molecule has 0 unspecified atom stereocenters. The molecule has 2 aromatic rings. The lowest BCUT2D eigenvalue weighted by Gasteiger charge is -2.36. The minimum atomic E-state index is 0.0521. The Labute approximate surface area is 135 Å². The van der Waals surface area contributed by atoms with Crippen LogP contribution < -0.4 is 15.4 Å². The van der Waals surface area contributed by atoms with Crippen molar-refractivity contribution in [3.8, 4) is 5.75 Å². The van der Waals surface area contributed by atoms with Crippen LogP contribution in [0.5, 0.6) is 5.75 Å². The van der Waals surface area contributed by atoms with Gasteiger partial charge in [0.1, 0.15) is 5.75 Å². The summed E-state index contributed by atoms with van der Waals surface area (Å²) in [6.45, 7) is 2.87. The molecule has 2 N–H and O–H groups in total. The van der Waals surface area contributed by atoms with Crippen LogP contribution in [-0.2, 0) is 0 Å². The van der Waals surface area contributed by atoms with Crippen molar-refractivity contribution in [2.75, 3.05) is 43.9 Å². The molecule has 0 aliphatic carbocycles. The number of nitrogen functional groups attached to an aromatic ring is 1. The van der Waals surface area contributed by atoms with Crippen LogP contribution in [0, 0.1) is 0 Å². The van der Waals surface area contributed by atoms with Gasteiger partial charge >= 0.3 is 0 Å². The van der Waals surface area contributed by atoms with E-state index in [1.54, 1.807) is 31.6 Å². The van der Waals surface area contributed by atoms with Gasteiger partial charge in [-0.05, 0) is 24.3 Å². The van der Waals surface area contributed by atoms with E-state index in [-0.39, 0.29) is 5.91 Å². The zero-order valence-electron chi connectivity index (χ0n) is 13.1. The van der Waals surface area contributed by atoms with E-state index in [1.165, 1.54) is 0 Å². The van der Waals surface area contributed by atoms with Crippen LogP contribution in [0.25, 0.3) is 0 Å². The summed E-state index contributed by atoms with van der Waals surface area (Å²) in [6.07, 6.45) is 3.28. The van der Waals surface area contributed by atoms with Gasteiger partial charge < -0.3 is 20.3 Å². The molecule has 1 aliphatic heterocycles. The minimum Gasteiger partial charge on any atom is -0.495 e. The number of hydrogen-bond donors (Lipinski definition) is 1. The summed E-state index contributed by atoms with van der Waals surface area (Å²) in [5.74, 6) is 0.815. The van der Waals surface area contributed by atoms with Crippen molar-refractivity contribution < 1.29 is 9.53 Å². The third-order valence-electron chi connectivity index (χ3n) is 4.04. The van der Waals surface area contributed by atoms with E-state index in [9.17, 15) is 4.79 Å². The van der Waals surface area contributed by atoms with Crippen LogP contribution in [0.2, 0.25) is 0 Å². The van der Waals surface area contributed by atoms with E-state index in [0.717, 1.165) is 24.5 Å². The summed E-state index contributed by atoms with van der Waals surface area (Å²) in [4.78, 5) is 20.5. The molecule has 1 amide bonds. The predicted octanol–water partition coefficient (Wildman–Crippen LogP) is 1.63. The van der Waals surface area contributed by atoms with Gasteiger partial charge in [0.15, 0.2) is 0 Å². The SMILES string of the molecule is COc1cc(N)ccc1N1CCN(C(=O)c2ccncc2)CC1. The number of pyridine rings is 1. The molecule has 3 rings (SSSR count). The number of nitrogens with zero attached hydrogens (tertiary/aromatic N) is 3. The van der Waals surface area contributed by atoms with Crippen LogP contribution in [0.1, 0.15) is 10.4 Å². The van der Waals surface area contributed by atoms with Gasteiger partial charge in [-0.2, -0.15) is 0 Å². The summed E-state index contributed by atoms with van der Waals surface area (Å²) in [5.41, 5.74) is 8.17. The fourth-order valence-corrected chi connectivity index (χ4v) is 2.78. The molecule has 1 aromatic heterocycles. The maximum atomic E-state index is 12.4. The normalized spacial score (nSPS) is 14.7. The Morgan fingerprint density at radius 1 is 1.13 bits per heavy atom. The first-order chi connectivity index (χ1) is 11.2. The van der Waals surface area contributed by atoms with Crippen LogP contribution >= 0.6 is 0 Å². The molecule has 1 aromatic carbocycles. The van der Waals surface area contributed by atoms with Crippen LogP contribution in [0.3, 0.4) is 0 Å². The summed E-state index contributed by atoms with van der Waals surface area (Å²) < 4.78 is 5.41. The number of amides is 1. The Kier molecular flexibility index (Phi) is 4.32. The van der Waals surface area contributed by atoms with Crippen molar-refractivity contribution in [2.24, 2.45) is 0 Å². The highest BCUT2D eigenvalue weighted by Crippen LogP contribution is 2.31. The molecule has 6 nitrogen and oxygen atoms in total. The van der Waals surface area contributed by atoms with Crippen molar-refractivity contribution in [3.63, 3.8) is 0 Å². The van der Waals surface area contributed by atoms with E-state index in [1.807, 2.05) is 23.1 Å². The summed E-state index contributed by atoms with van der Waals surface area (Å²) >= 11 is 0. The first kappa shape index (κ1) is 15.1. The molecule has 23 heavy (non-hydrogen) atoms. The maximum absolute atomic E-state index is 12.4. The van der Waals surface area contributed by atoms with Crippen LogP contribution in [0.4, 0.5) is 11.4 Å². The number of piperazine rings is 1. The zero-order chi connectivity index (χ0) is 16.2. The highest BCUT2D eigenvalue weighted by molar-refractivity contribution is 5.94. The molecule has 0 bridgehead atoms. The average molecular weight is 312 g/mol. The van der Waals surface area contributed by atoms with Crippen molar-refractivity contribution in [2.45, 2.75) is 0 Å². The smallest absolute Gasteiger partial charge is 0.254 e. The van der Waals surface area contributed by atoms with Gasteiger partial charge in [-0.25, -0.2) is 0 Å². The molecular formula is C17H20N4O2. The standard InChI is InChI=1S/C17H20N4O2/c1-23-16-12-14(18)2-3-15(16)20-8-10-21(11-9-20)17(22)13-4-6-19-7-5-13/h2-7,12H,8-11,18H2,1H3. The van der Waals surface area contributed by atoms with Gasteiger partial charge in [-0.15, -0.1) is 0 Å². The number of ether oxygens (including phenoxy) is 1. The van der Waals surface area contributed by atoms with Gasteiger partial charge in [-0.1, -0.05) is 0 Å². The Bertz CT molecular complexity index is 682. The lowest BCUT2D eigenvalue weighted by atomic mass is 10.2. The highest BCUT2D eigenvalue weighted by Gasteiger charge is 2.23. The first-order valence-corrected chi connectivity index (χ1v) is 7.57. The minimum absolute atomic E-state index is 0.0521. The zero-order valence-corrected chi connectivity index (χ0v) is 13.1. The number of carbonyl (C=O) groups excluding carboxylic acids is 1. The van der Waals surface area contributed by atoms with E-state index >= 15 is 0 Å². The Hall–Kier alpha value is -2.76. The van der Waals surface area contributed by atoms with Gasteiger partial charge in [0.05, 0.1) is 12.8 Å². The summed E-state index contributed by atoms with van der Waals surface area (Å²) in [5, 5.41) is 0. The number of methoxy groups -OCH3 is 1. The predicted molar refractivity (Wildman–Crippen MR) is 89.8 cm³/mol. The molecule has 0 saturated carbocycles. The molecule has 1 fully saturated rings. The molecule has 0 radical (unpaired) electrons. The van der Waals surface area contributed by atoms with E-state index in [4.69, 9.17) is 10.5 Å². The second-order valence-electron chi connectivity index (χ2n) is 5.45. The first-order valence-electron chi connectivity index (χ1n) is 7.57. The molecule has 2 heterocycles. The third kappa shape index (κ3) is 3.21. The fraction of sp³-hybridized carbons (Fsp3) is 0.294. The molecule has 0 atom stereocenters. The molecule has 1 saturated heterocycles. The van der Waals surface area contributed by atoms with E-state index < -0.39 is 0 Å². The van der Waals surface area contributed by atoms with Crippen LogP contribution in [0.15, 0.2) is 42.7 Å². The monoisotopic (exact) mass is 312 g/mol. The van der Waals surface area contributed by atoms with Gasteiger partial charge in [0, 0.05) is 55.9 Å². The second kappa shape index (κ2) is 6.56. The lowest BCUT2D eigenvalue weighted by molar-refractivity contribution is 0.0746. The number of benzene rings is 1. The topological polar surface area (TPSA) is 71.7 Å². The summed E-state index contributed by atoms with van der Waals surface area (Å²) in [6, 6.07) is 9.15. The van der Waals surface area contributed by atoms with Crippen molar-refractivity contribution in [1.82, 2.24) is 9.88 Å². The number of aromatic nitrogens is 1. The quantitative estimate of drug-likeness (QED) is 0.872. The van der Waals surface area contributed by atoms with E-state index in [0.29, 0.717) is 24.3 Å². The number of hydrogen-bond acceptors (Lipinski definition) is 5. The Balaban J connectivity index is 1.68. The Morgan fingerprint density at radius 2 is 1.83 bits per heavy atom. The van der Waals surface area contributed by atoms with Gasteiger partial charge in [0.25, 0.3) is 5.91 Å². The van der Waals surface area contributed by atoms with Gasteiger partial charge in [-0.3, -0.25) is 9.78 Å². The molecule has 0 spiro atoms. The van der Waals surface area contributed by atoms with E-state index in [2.05, 4.69) is 9.88 Å². The highest BCUT2D eigenvalue weighted by atomic mass is 16.5.